The Bertz CT molecular complexity index is 42.0. The standard InChI is InChI=1S/3Na.HO3P.3H/c;;;1-4(2)3;;;/h;;;(H-,1,2,3);;;/q3*+1;;3*-1/p+1. The van der Waals surface area contributed by atoms with Gasteiger partial charge in [-0.25, -0.2) is 0 Å². The van der Waals surface area contributed by atoms with E-state index >= 15 is 0 Å². The second-order valence-electron chi connectivity index (χ2n) is 0.253. The maximum Gasteiger partial charge on any atom is 1.00 e. The summed E-state index contributed by atoms with van der Waals surface area (Å²) in [5.74, 6) is 0. The van der Waals surface area contributed by atoms with Gasteiger partial charge in [-0.2, -0.15) is 0 Å². The molecule has 0 aromatic heterocycles. The molecule has 0 aliphatic rings. The summed E-state index contributed by atoms with van der Waals surface area (Å²) in [6, 6.07) is 0. The van der Waals surface area contributed by atoms with Gasteiger partial charge in [0.2, 0.25) is 0 Å². The molecule has 0 unspecified atom stereocenters. The molecule has 0 spiro atoms. The minimum atomic E-state index is -2.87. The van der Waals surface area contributed by atoms with Gasteiger partial charge in [0.25, 0.3) is 0 Å². The molecule has 0 bridgehead atoms. The maximum atomic E-state index is 8.70. The summed E-state index contributed by atoms with van der Waals surface area (Å²) in [7, 11) is -2.87. The van der Waals surface area contributed by atoms with Gasteiger partial charge in [-0.05, 0) is 0 Å². The summed E-state index contributed by atoms with van der Waals surface area (Å²) in [6.07, 6.45) is 0. The number of hydrogen-bond acceptors (Lipinski definition) is 1. The van der Waals surface area contributed by atoms with Gasteiger partial charge < -0.3 is 4.28 Å². The second kappa shape index (κ2) is 16.0. The van der Waals surface area contributed by atoms with Gasteiger partial charge in [0.15, 0.2) is 0 Å². The molecule has 0 amide bonds. The topological polar surface area (TPSA) is 57.5 Å². The van der Waals surface area contributed by atoms with Crippen molar-refractivity contribution in [1.29, 1.82) is 0 Å². The molecule has 0 aliphatic heterocycles. The Kier molecular flexibility index (Phi) is 51.4. The molecule has 0 saturated carbocycles. The van der Waals surface area contributed by atoms with Crippen LogP contribution in [0.2, 0.25) is 0 Å². The molecular weight excluding hydrogens is 148 g/mol. The van der Waals surface area contributed by atoms with Crippen molar-refractivity contribution in [3.63, 3.8) is 0 Å². The SMILES string of the molecule is O=[P+](O)O.[H-].[H-].[H-].[Na+].[Na+].[Na+]. The zero-order valence-corrected chi connectivity index (χ0v) is 11.6. The monoisotopic (exact) mass is 153 g/mol. The first-order valence-electron chi connectivity index (χ1n) is 0.583. The molecule has 3 nitrogen and oxygen atoms in total. The first kappa shape index (κ1) is 22.5. The van der Waals surface area contributed by atoms with E-state index in [2.05, 4.69) is 0 Å². The average Bonchev–Trinajstić information content (AvgIpc) is 0.811. The predicted octanol–water partition coefficient (Wildman–Crippen LogP) is -9.02. The first-order valence-corrected chi connectivity index (χ1v) is 1.75. The molecule has 7 heavy (non-hydrogen) atoms. The van der Waals surface area contributed by atoms with Crippen molar-refractivity contribution in [3.8, 4) is 0 Å². The summed E-state index contributed by atoms with van der Waals surface area (Å²) < 4.78 is 8.70. The molecular formula is H5Na3O3P+. The fraction of sp³-hybridized carbons (Fsp3) is 0. The molecule has 2 N–H and O–H groups in total. The van der Waals surface area contributed by atoms with E-state index in [-0.39, 0.29) is 93.0 Å². The molecule has 0 aliphatic carbocycles. The molecule has 7 heteroatoms. The summed E-state index contributed by atoms with van der Waals surface area (Å²) in [5.41, 5.74) is 0. The van der Waals surface area contributed by atoms with Gasteiger partial charge in [0.1, 0.15) is 0 Å². The molecule has 0 aromatic carbocycles. The summed E-state index contributed by atoms with van der Waals surface area (Å²) in [4.78, 5) is 14.2. The Morgan fingerprint density at radius 2 is 1.14 bits per heavy atom. The Morgan fingerprint density at radius 1 is 1.14 bits per heavy atom. The summed E-state index contributed by atoms with van der Waals surface area (Å²) >= 11 is 0. The summed E-state index contributed by atoms with van der Waals surface area (Å²) in [5, 5.41) is 0. The molecule has 0 saturated heterocycles. The van der Waals surface area contributed by atoms with E-state index in [4.69, 9.17) is 14.4 Å². The third-order valence-electron chi connectivity index (χ3n) is 0. The smallest absolute Gasteiger partial charge is 1.00 e. The molecule has 0 atom stereocenters. The van der Waals surface area contributed by atoms with Crippen molar-refractivity contribution in [3.05, 3.63) is 0 Å². The number of hydrogen-bond donors (Lipinski definition) is 2. The molecule has 0 aromatic rings. The van der Waals surface area contributed by atoms with Crippen LogP contribution < -0.4 is 88.7 Å². The second-order valence-corrected chi connectivity index (χ2v) is 0.758. The number of rotatable bonds is 0. The Labute approximate surface area is 114 Å². The van der Waals surface area contributed by atoms with Gasteiger partial charge in [0.05, 0.1) is 0 Å². The van der Waals surface area contributed by atoms with Gasteiger partial charge in [0, 0.05) is 4.57 Å². The van der Waals surface area contributed by atoms with Crippen molar-refractivity contribution in [2.24, 2.45) is 0 Å². The van der Waals surface area contributed by atoms with Crippen LogP contribution in [-0.4, -0.2) is 9.79 Å². The van der Waals surface area contributed by atoms with E-state index in [1.54, 1.807) is 0 Å². The van der Waals surface area contributed by atoms with E-state index in [0.29, 0.717) is 0 Å². The van der Waals surface area contributed by atoms with Crippen molar-refractivity contribution in [1.82, 2.24) is 0 Å². The van der Waals surface area contributed by atoms with Crippen LogP contribution in [0, 0.1) is 0 Å². The molecule has 30 valence electrons. The molecule has 0 heterocycles. The molecule has 0 rings (SSSR count). The molecule has 0 fully saturated rings. The first-order chi connectivity index (χ1) is 1.73. The largest absolute Gasteiger partial charge is 1.00 e. The quantitative estimate of drug-likeness (QED) is 0.268. The van der Waals surface area contributed by atoms with Crippen LogP contribution in [-0.2, 0) is 4.57 Å². The zero-order valence-electron chi connectivity index (χ0n) is 7.75. The van der Waals surface area contributed by atoms with Crippen LogP contribution in [0.15, 0.2) is 0 Å². The van der Waals surface area contributed by atoms with Crippen molar-refractivity contribution >= 4 is 8.25 Å². The van der Waals surface area contributed by atoms with Crippen LogP contribution in [0.1, 0.15) is 4.28 Å². The third kappa shape index (κ3) is 48.7. The van der Waals surface area contributed by atoms with Gasteiger partial charge in [-0.1, -0.05) is 0 Å². The van der Waals surface area contributed by atoms with E-state index in [9.17, 15) is 0 Å². The normalized spacial score (nSPS) is 3.71. The summed E-state index contributed by atoms with van der Waals surface area (Å²) in [6.45, 7) is 0. The van der Waals surface area contributed by atoms with Gasteiger partial charge in [-0.15, -0.1) is 9.79 Å². The fourth-order valence-electron chi connectivity index (χ4n) is 0. The van der Waals surface area contributed by atoms with Crippen LogP contribution in [0.5, 0.6) is 0 Å². The molecule has 0 radical (unpaired) electrons. The van der Waals surface area contributed by atoms with Gasteiger partial charge in [-0.3, -0.25) is 0 Å². The third-order valence-corrected chi connectivity index (χ3v) is 0. The van der Waals surface area contributed by atoms with Crippen LogP contribution in [0.4, 0.5) is 0 Å². The Hall–Kier alpha value is 3.02. The van der Waals surface area contributed by atoms with Crippen LogP contribution in [0.25, 0.3) is 0 Å². The Balaban J connectivity index is -0.00000000300. The van der Waals surface area contributed by atoms with E-state index in [1.807, 2.05) is 0 Å². The van der Waals surface area contributed by atoms with Gasteiger partial charge >= 0.3 is 96.9 Å². The minimum Gasteiger partial charge on any atom is -1.00 e. The van der Waals surface area contributed by atoms with E-state index < -0.39 is 8.25 Å². The predicted molar refractivity (Wildman–Crippen MR) is 15.4 cm³/mol. The maximum absolute atomic E-state index is 8.70. The fourth-order valence-corrected chi connectivity index (χ4v) is 0. The van der Waals surface area contributed by atoms with Crippen molar-refractivity contribution in [2.45, 2.75) is 0 Å². The average molecular weight is 153 g/mol. The van der Waals surface area contributed by atoms with Crippen molar-refractivity contribution < 1.29 is 107 Å². The zero-order chi connectivity index (χ0) is 3.58. The minimum absolute atomic E-state index is 0. The van der Waals surface area contributed by atoms with Crippen molar-refractivity contribution in [2.75, 3.05) is 0 Å². The van der Waals surface area contributed by atoms with Crippen LogP contribution >= 0.6 is 8.25 Å². The van der Waals surface area contributed by atoms with E-state index in [0.717, 1.165) is 0 Å². The van der Waals surface area contributed by atoms with E-state index in [1.165, 1.54) is 0 Å². The Morgan fingerprint density at radius 3 is 1.14 bits per heavy atom. The van der Waals surface area contributed by atoms with Crippen LogP contribution in [0.3, 0.4) is 0 Å².